The van der Waals surface area contributed by atoms with E-state index in [1.165, 1.54) is 16.7 Å². The summed E-state index contributed by atoms with van der Waals surface area (Å²) in [6.45, 7) is 7.67. The molecule has 0 bridgehead atoms. The van der Waals surface area contributed by atoms with Gasteiger partial charge in [0.05, 0.1) is 18.4 Å². The van der Waals surface area contributed by atoms with E-state index in [-0.39, 0.29) is 50.5 Å². The zero-order valence-electron chi connectivity index (χ0n) is 34.9. The maximum Gasteiger partial charge on any atom is 0.475 e. The summed E-state index contributed by atoms with van der Waals surface area (Å²) in [6, 6.07) is 1.98. The highest BCUT2D eigenvalue weighted by atomic mass is 32.2. The van der Waals surface area contributed by atoms with Crippen molar-refractivity contribution in [2.75, 3.05) is 25.1 Å². The van der Waals surface area contributed by atoms with E-state index in [2.05, 4.69) is 26.6 Å². The molecule has 1 saturated heterocycles. The highest BCUT2D eigenvalue weighted by Crippen LogP contribution is 2.20. The molecule has 18 nitrogen and oxygen atoms in total. The first kappa shape index (κ1) is 50.9. The van der Waals surface area contributed by atoms with Gasteiger partial charge in [-0.3, -0.25) is 33.6 Å². The largest absolute Gasteiger partial charge is 0.481 e. The van der Waals surface area contributed by atoms with Crippen LogP contribution in [0.3, 0.4) is 0 Å². The van der Waals surface area contributed by atoms with Crippen molar-refractivity contribution < 1.29 is 48.7 Å². The second kappa shape index (κ2) is 26.1. The molecule has 0 aliphatic carbocycles. The topological polar surface area (TPSA) is 296 Å². The fourth-order valence-electron chi connectivity index (χ4n) is 6.75. The van der Waals surface area contributed by atoms with E-state index in [0.717, 1.165) is 0 Å². The molecule has 1 aromatic rings. The molecule has 1 fully saturated rings. The SMILES string of the molecule is CSCC[C@H](NC(=O)[C@@H]1CCCN1C(=O)[C@@H](N)CC(=O)O)C(=O)N[C@@H](Cc1ccccc1)C(=O)N[C@@H](CCCCN)C(=O)N[C@@H](CC(C)C)C(=O)N[C@H](B(O)O)C(C)C. The minimum absolute atomic E-state index is 0.0174. The van der Waals surface area contributed by atoms with E-state index >= 15 is 0 Å². The molecule has 20 heteroatoms. The summed E-state index contributed by atoms with van der Waals surface area (Å²) in [6.07, 6.45) is 3.51. The Bertz CT molecular complexity index is 1530. The average molecular weight is 849 g/mol. The third kappa shape index (κ3) is 17.5. The van der Waals surface area contributed by atoms with Crippen LogP contribution in [0.5, 0.6) is 0 Å². The first-order valence-electron chi connectivity index (χ1n) is 20.3. The Kier molecular flexibility index (Phi) is 22.5. The first-order valence-corrected chi connectivity index (χ1v) is 21.7. The number of carboxylic acids is 1. The van der Waals surface area contributed by atoms with Gasteiger partial charge in [0.25, 0.3) is 0 Å². The van der Waals surface area contributed by atoms with Crippen LogP contribution in [0, 0.1) is 11.8 Å². The van der Waals surface area contributed by atoms with E-state index in [4.69, 9.17) is 16.6 Å². The van der Waals surface area contributed by atoms with Crippen molar-refractivity contribution in [2.24, 2.45) is 23.3 Å². The molecule has 1 aliphatic heterocycles. The Labute approximate surface area is 351 Å². The molecule has 1 heterocycles. The van der Waals surface area contributed by atoms with Crippen LogP contribution in [0.25, 0.3) is 0 Å². The molecule has 0 aromatic heterocycles. The van der Waals surface area contributed by atoms with Gasteiger partial charge in [0.15, 0.2) is 0 Å². The number of nitrogens with two attached hydrogens (primary N) is 2. The molecule has 0 unspecified atom stereocenters. The molecule has 7 atom stereocenters. The minimum Gasteiger partial charge on any atom is -0.481 e. The normalized spacial score (nSPS) is 16.9. The molecule has 2 rings (SSSR count). The van der Waals surface area contributed by atoms with Gasteiger partial charge in [-0.15, -0.1) is 0 Å². The maximum atomic E-state index is 14.2. The highest BCUT2D eigenvalue weighted by molar-refractivity contribution is 7.98. The fourth-order valence-corrected chi connectivity index (χ4v) is 7.23. The monoisotopic (exact) mass is 848 g/mol. The van der Waals surface area contributed by atoms with Gasteiger partial charge < -0.3 is 58.1 Å². The van der Waals surface area contributed by atoms with Crippen LogP contribution in [-0.2, 0) is 40.0 Å². The summed E-state index contributed by atoms with van der Waals surface area (Å²) in [5.74, 6) is -6.13. The van der Waals surface area contributed by atoms with Gasteiger partial charge in [-0.1, -0.05) is 58.0 Å². The number of hydrogen-bond donors (Lipinski definition) is 10. The Balaban J connectivity index is 2.38. The Morgan fingerprint density at radius 1 is 0.831 bits per heavy atom. The molecule has 1 aliphatic rings. The van der Waals surface area contributed by atoms with Gasteiger partial charge >= 0.3 is 13.1 Å². The number of thioether (sulfide) groups is 1. The number of aliphatic carboxylic acids is 1. The fraction of sp³-hybridized carbons (Fsp3) is 0.667. The molecule has 0 saturated carbocycles. The zero-order chi connectivity index (χ0) is 44.2. The van der Waals surface area contributed by atoms with Gasteiger partial charge in [-0.25, -0.2) is 0 Å². The van der Waals surface area contributed by atoms with Crippen LogP contribution in [0.2, 0.25) is 0 Å². The lowest BCUT2D eigenvalue weighted by atomic mass is 9.73. The number of unbranched alkanes of at least 4 members (excludes halogenated alkanes) is 1. The predicted octanol–water partition coefficient (Wildman–Crippen LogP) is -0.958. The number of nitrogens with one attached hydrogen (secondary N) is 5. The van der Waals surface area contributed by atoms with Crippen molar-refractivity contribution in [1.29, 1.82) is 0 Å². The third-order valence-electron chi connectivity index (χ3n) is 9.98. The molecule has 59 heavy (non-hydrogen) atoms. The number of hydrogen-bond acceptors (Lipinski definition) is 12. The third-order valence-corrected chi connectivity index (χ3v) is 10.6. The van der Waals surface area contributed by atoms with Crippen LogP contribution < -0.4 is 38.1 Å². The summed E-state index contributed by atoms with van der Waals surface area (Å²) < 4.78 is 0. The van der Waals surface area contributed by atoms with Crippen molar-refractivity contribution in [2.45, 2.75) is 128 Å². The van der Waals surface area contributed by atoms with Crippen LogP contribution in [0.1, 0.15) is 84.6 Å². The van der Waals surface area contributed by atoms with Gasteiger partial charge in [0.1, 0.15) is 30.2 Å². The number of carboxylic acid groups (broad SMARTS) is 1. The summed E-state index contributed by atoms with van der Waals surface area (Å²) in [7, 11) is -1.83. The Morgan fingerprint density at radius 2 is 1.41 bits per heavy atom. The molecule has 6 amide bonds. The van der Waals surface area contributed by atoms with Gasteiger partial charge in [0.2, 0.25) is 35.4 Å². The number of carbonyl (C=O) groups is 7. The number of benzene rings is 1. The van der Waals surface area contributed by atoms with Gasteiger partial charge in [-0.2, -0.15) is 11.8 Å². The van der Waals surface area contributed by atoms with Gasteiger partial charge in [-0.05, 0) is 80.9 Å². The molecular formula is C39H65BN8O10S. The van der Waals surface area contributed by atoms with Crippen molar-refractivity contribution in [3.63, 3.8) is 0 Å². The molecule has 1 aromatic carbocycles. The van der Waals surface area contributed by atoms with Crippen LogP contribution in [0.15, 0.2) is 30.3 Å². The molecular weight excluding hydrogens is 783 g/mol. The Hall–Kier alpha value is -4.24. The number of nitrogens with zero attached hydrogens (tertiary/aromatic N) is 1. The summed E-state index contributed by atoms with van der Waals surface area (Å²) in [5.41, 5.74) is 12.3. The van der Waals surface area contributed by atoms with E-state index < -0.39 is 97.1 Å². The van der Waals surface area contributed by atoms with Crippen LogP contribution in [-0.4, -0.2) is 136 Å². The number of rotatable bonds is 26. The lowest BCUT2D eigenvalue weighted by Crippen LogP contribution is -2.60. The molecule has 12 N–H and O–H groups in total. The van der Waals surface area contributed by atoms with E-state index in [0.29, 0.717) is 37.1 Å². The lowest BCUT2D eigenvalue weighted by Gasteiger charge is -2.29. The minimum atomic E-state index is -1.83. The molecule has 330 valence electrons. The maximum absolute atomic E-state index is 14.2. The van der Waals surface area contributed by atoms with E-state index in [9.17, 15) is 43.6 Å². The summed E-state index contributed by atoms with van der Waals surface area (Å²) in [5, 5.41) is 42.5. The van der Waals surface area contributed by atoms with Gasteiger partial charge in [0, 0.05) is 13.0 Å². The van der Waals surface area contributed by atoms with Crippen LogP contribution in [0.4, 0.5) is 0 Å². The highest BCUT2D eigenvalue weighted by Gasteiger charge is 2.39. The van der Waals surface area contributed by atoms with E-state index in [1.807, 2.05) is 20.1 Å². The van der Waals surface area contributed by atoms with Crippen molar-refractivity contribution in [3.8, 4) is 0 Å². The zero-order valence-corrected chi connectivity index (χ0v) is 35.7. The second-order valence-corrected chi connectivity index (χ2v) is 16.7. The van der Waals surface area contributed by atoms with Crippen LogP contribution >= 0.6 is 11.8 Å². The standard InChI is InChI=1S/C39H65BN8O10S/c1-23(2)20-29(37(54)47-33(24(3)4)40(57)58)45-34(51)27(14-9-10-17-41)43-36(53)30(21-25-12-7-6-8-13-25)46-35(52)28(16-19-59-5)44-38(55)31-15-11-18-48(31)39(56)26(42)22-32(49)50/h6-8,12-13,23-24,26-31,33,57-58H,9-11,14-22,41-42H2,1-5H3,(H,43,53)(H,44,55)(H,45,51)(H,46,52)(H,47,54)(H,49,50)/t26-,27-,28-,29-,30-,31-,33-/m0/s1. The second-order valence-electron chi connectivity index (χ2n) is 15.7. The number of likely N-dealkylation sites (tertiary alicyclic amines) is 1. The summed E-state index contributed by atoms with van der Waals surface area (Å²) >= 11 is 1.43. The quantitative estimate of drug-likeness (QED) is 0.0398. The van der Waals surface area contributed by atoms with Crippen molar-refractivity contribution >= 4 is 60.3 Å². The lowest BCUT2D eigenvalue weighted by molar-refractivity contribution is -0.144. The summed E-state index contributed by atoms with van der Waals surface area (Å²) in [4.78, 5) is 94.6. The van der Waals surface area contributed by atoms with Crippen molar-refractivity contribution in [3.05, 3.63) is 35.9 Å². The average Bonchev–Trinajstić information content (AvgIpc) is 3.67. The molecule has 0 spiro atoms. The number of carbonyl (C=O) groups excluding carboxylic acids is 6. The Morgan fingerprint density at radius 3 is 1.97 bits per heavy atom. The molecule has 0 radical (unpaired) electrons. The smallest absolute Gasteiger partial charge is 0.475 e. The van der Waals surface area contributed by atoms with E-state index in [1.54, 1.807) is 44.2 Å². The van der Waals surface area contributed by atoms with Crippen molar-refractivity contribution in [1.82, 2.24) is 31.5 Å². The predicted molar refractivity (Wildman–Crippen MR) is 225 cm³/mol. The first-order chi connectivity index (χ1) is 27.9. The number of amides is 6.